The summed E-state index contributed by atoms with van der Waals surface area (Å²) < 4.78 is 6.99. The maximum absolute atomic E-state index is 11.5. The predicted molar refractivity (Wildman–Crippen MR) is 63.3 cm³/mol. The van der Waals surface area contributed by atoms with Gasteiger partial charge in [0.1, 0.15) is 0 Å². The van der Waals surface area contributed by atoms with E-state index in [2.05, 4.69) is 0 Å². The lowest BCUT2D eigenvalue weighted by Gasteiger charge is -2.05. The molecule has 1 heterocycles. The summed E-state index contributed by atoms with van der Waals surface area (Å²) in [6.07, 6.45) is 2.34. The Labute approximate surface area is 94.6 Å². The SMILES string of the molecule is CCOC(=O)Cc1cccc2ccn(C)c12. The molecule has 0 N–H and O–H groups in total. The summed E-state index contributed by atoms with van der Waals surface area (Å²) in [6, 6.07) is 8.03. The van der Waals surface area contributed by atoms with Gasteiger partial charge in [0.2, 0.25) is 0 Å². The summed E-state index contributed by atoms with van der Waals surface area (Å²) >= 11 is 0. The van der Waals surface area contributed by atoms with Gasteiger partial charge in [0, 0.05) is 13.2 Å². The zero-order chi connectivity index (χ0) is 11.5. The quantitative estimate of drug-likeness (QED) is 0.738. The largest absolute Gasteiger partial charge is 0.466 e. The predicted octanol–water partition coefficient (Wildman–Crippen LogP) is 2.28. The average Bonchev–Trinajstić information content (AvgIpc) is 2.62. The molecular weight excluding hydrogens is 202 g/mol. The number of carbonyl (C=O) groups excluding carboxylic acids is 1. The summed E-state index contributed by atoms with van der Waals surface area (Å²) in [6.45, 7) is 2.25. The van der Waals surface area contributed by atoms with Gasteiger partial charge >= 0.3 is 5.97 Å². The fraction of sp³-hybridized carbons (Fsp3) is 0.308. The van der Waals surface area contributed by atoms with E-state index in [0.717, 1.165) is 16.5 Å². The van der Waals surface area contributed by atoms with Gasteiger partial charge in [0.15, 0.2) is 0 Å². The van der Waals surface area contributed by atoms with Gasteiger partial charge in [-0.15, -0.1) is 0 Å². The molecule has 0 unspecified atom stereocenters. The Morgan fingerprint density at radius 2 is 2.19 bits per heavy atom. The van der Waals surface area contributed by atoms with Crippen molar-refractivity contribution in [2.45, 2.75) is 13.3 Å². The standard InChI is InChI=1S/C13H15NO2/c1-3-16-12(15)9-11-6-4-5-10-7-8-14(2)13(10)11/h4-8H,3,9H2,1-2H3. The molecule has 0 aliphatic rings. The molecule has 16 heavy (non-hydrogen) atoms. The first-order chi connectivity index (χ1) is 7.72. The number of para-hydroxylation sites is 1. The van der Waals surface area contributed by atoms with Gasteiger partial charge in [0.25, 0.3) is 0 Å². The zero-order valence-electron chi connectivity index (χ0n) is 9.56. The van der Waals surface area contributed by atoms with Crippen molar-refractivity contribution in [3.05, 3.63) is 36.0 Å². The minimum atomic E-state index is -0.170. The van der Waals surface area contributed by atoms with Crippen LogP contribution >= 0.6 is 0 Å². The summed E-state index contributed by atoms with van der Waals surface area (Å²) in [5, 5.41) is 1.16. The lowest BCUT2D eigenvalue weighted by atomic mass is 10.1. The molecule has 1 aromatic heterocycles. The molecule has 2 aromatic rings. The van der Waals surface area contributed by atoms with Crippen LogP contribution in [-0.4, -0.2) is 17.1 Å². The Kier molecular flexibility index (Phi) is 2.95. The highest BCUT2D eigenvalue weighted by Crippen LogP contribution is 2.19. The van der Waals surface area contributed by atoms with Crippen LogP contribution in [0.2, 0.25) is 0 Å². The lowest BCUT2D eigenvalue weighted by Crippen LogP contribution is -2.08. The number of rotatable bonds is 3. The van der Waals surface area contributed by atoms with Crippen molar-refractivity contribution in [3.63, 3.8) is 0 Å². The summed E-state index contributed by atoms with van der Waals surface area (Å²) in [4.78, 5) is 11.5. The van der Waals surface area contributed by atoms with Gasteiger partial charge in [-0.25, -0.2) is 0 Å². The maximum Gasteiger partial charge on any atom is 0.310 e. The fourth-order valence-electron chi connectivity index (χ4n) is 1.95. The van der Waals surface area contributed by atoms with Crippen molar-refractivity contribution in [3.8, 4) is 0 Å². The van der Waals surface area contributed by atoms with Gasteiger partial charge in [-0.2, -0.15) is 0 Å². The number of hydrogen-bond donors (Lipinski definition) is 0. The lowest BCUT2D eigenvalue weighted by molar-refractivity contribution is -0.142. The molecule has 1 aromatic carbocycles. The second kappa shape index (κ2) is 4.39. The average molecular weight is 217 g/mol. The molecule has 0 atom stereocenters. The molecule has 0 fully saturated rings. The number of hydrogen-bond acceptors (Lipinski definition) is 2. The number of aromatic nitrogens is 1. The number of ether oxygens (including phenoxy) is 1. The third-order valence-corrected chi connectivity index (χ3v) is 2.62. The Morgan fingerprint density at radius 1 is 1.38 bits per heavy atom. The highest BCUT2D eigenvalue weighted by atomic mass is 16.5. The number of carbonyl (C=O) groups is 1. The van der Waals surface area contributed by atoms with Crippen LogP contribution in [0, 0.1) is 0 Å². The molecule has 0 amide bonds. The minimum Gasteiger partial charge on any atom is -0.466 e. The van der Waals surface area contributed by atoms with Crippen molar-refractivity contribution in [1.29, 1.82) is 0 Å². The highest BCUT2D eigenvalue weighted by molar-refractivity contribution is 5.87. The Morgan fingerprint density at radius 3 is 2.94 bits per heavy atom. The van der Waals surface area contributed by atoms with Crippen molar-refractivity contribution in [2.75, 3.05) is 6.61 Å². The first kappa shape index (κ1) is 10.7. The molecule has 3 heteroatoms. The van der Waals surface area contributed by atoms with Crippen molar-refractivity contribution in [1.82, 2.24) is 4.57 Å². The third-order valence-electron chi connectivity index (χ3n) is 2.62. The molecule has 2 rings (SSSR count). The molecular formula is C13H15NO2. The molecule has 3 nitrogen and oxygen atoms in total. The van der Waals surface area contributed by atoms with Crippen molar-refractivity contribution < 1.29 is 9.53 Å². The second-order valence-corrected chi connectivity index (χ2v) is 3.76. The van der Waals surface area contributed by atoms with E-state index >= 15 is 0 Å². The highest BCUT2D eigenvalue weighted by Gasteiger charge is 2.09. The maximum atomic E-state index is 11.5. The first-order valence-corrected chi connectivity index (χ1v) is 5.41. The summed E-state index contributed by atoms with van der Waals surface area (Å²) in [5.41, 5.74) is 2.12. The molecule has 0 aliphatic heterocycles. The van der Waals surface area contributed by atoms with Gasteiger partial charge in [0.05, 0.1) is 18.5 Å². The number of benzene rings is 1. The normalized spacial score (nSPS) is 10.6. The van der Waals surface area contributed by atoms with Crippen LogP contribution in [0.15, 0.2) is 30.5 Å². The first-order valence-electron chi connectivity index (χ1n) is 5.41. The van der Waals surface area contributed by atoms with Gasteiger partial charge in [-0.3, -0.25) is 4.79 Å². The molecule has 0 aliphatic carbocycles. The molecule has 0 saturated carbocycles. The smallest absolute Gasteiger partial charge is 0.310 e. The molecule has 0 bridgehead atoms. The van der Waals surface area contributed by atoms with E-state index in [1.807, 2.05) is 49.0 Å². The summed E-state index contributed by atoms with van der Waals surface area (Å²) in [7, 11) is 1.98. The fourth-order valence-corrected chi connectivity index (χ4v) is 1.95. The number of aryl methyl sites for hydroxylation is 1. The van der Waals surface area contributed by atoms with E-state index in [1.165, 1.54) is 0 Å². The molecule has 0 saturated heterocycles. The van der Waals surface area contributed by atoms with Crippen LogP contribution in [0.5, 0.6) is 0 Å². The van der Waals surface area contributed by atoms with E-state index in [9.17, 15) is 4.79 Å². The minimum absolute atomic E-state index is 0.170. The van der Waals surface area contributed by atoms with Gasteiger partial charge < -0.3 is 9.30 Å². The Balaban J connectivity index is 2.36. The van der Waals surface area contributed by atoms with Crippen LogP contribution in [-0.2, 0) is 23.0 Å². The Bertz CT molecular complexity index is 514. The zero-order valence-corrected chi connectivity index (χ0v) is 9.56. The van der Waals surface area contributed by atoms with Gasteiger partial charge in [-0.1, -0.05) is 18.2 Å². The molecule has 0 radical (unpaired) electrons. The van der Waals surface area contributed by atoms with Crippen molar-refractivity contribution in [2.24, 2.45) is 7.05 Å². The van der Waals surface area contributed by atoms with E-state index < -0.39 is 0 Å². The van der Waals surface area contributed by atoms with Crippen LogP contribution in [0.25, 0.3) is 10.9 Å². The van der Waals surface area contributed by atoms with Crippen LogP contribution < -0.4 is 0 Å². The Hall–Kier alpha value is -1.77. The summed E-state index contributed by atoms with van der Waals surface area (Å²) in [5.74, 6) is -0.170. The number of fused-ring (bicyclic) bond motifs is 1. The molecule has 0 spiro atoms. The molecule has 84 valence electrons. The van der Waals surface area contributed by atoms with Crippen molar-refractivity contribution >= 4 is 16.9 Å². The van der Waals surface area contributed by atoms with Gasteiger partial charge in [-0.05, 0) is 23.9 Å². The topological polar surface area (TPSA) is 31.2 Å². The van der Waals surface area contributed by atoms with E-state index in [4.69, 9.17) is 4.74 Å². The van der Waals surface area contributed by atoms with Crippen LogP contribution in [0.3, 0.4) is 0 Å². The van der Waals surface area contributed by atoms with E-state index in [-0.39, 0.29) is 5.97 Å². The second-order valence-electron chi connectivity index (χ2n) is 3.76. The monoisotopic (exact) mass is 217 g/mol. The number of nitrogens with zero attached hydrogens (tertiary/aromatic N) is 1. The third kappa shape index (κ3) is 1.94. The van der Waals surface area contributed by atoms with Crippen LogP contribution in [0.4, 0.5) is 0 Å². The van der Waals surface area contributed by atoms with E-state index in [0.29, 0.717) is 13.0 Å². The van der Waals surface area contributed by atoms with Crippen LogP contribution in [0.1, 0.15) is 12.5 Å². The van der Waals surface area contributed by atoms with E-state index in [1.54, 1.807) is 0 Å². The number of esters is 1.